The normalized spacial score (nSPS) is 13.2. The lowest BCUT2D eigenvalue weighted by Crippen LogP contribution is -2.77. The van der Waals surface area contributed by atoms with E-state index in [0.29, 0.717) is 0 Å². The standard InChI is InChI=1S/C15H39N3Si2/c1-8-12-14-16-20(11-4,17-15-13-9-2)18(10-3)19(5,6)7/h16-17H,8-15H2,1-7H3. The molecule has 2 N–H and O–H groups in total. The second-order valence-corrected chi connectivity index (χ2v) is 15.7. The van der Waals surface area contributed by atoms with Gasteiger partial charge in [0.05, 0.1) is 0 Å². The summed E-state index contributed by atoms with van der Waals surface area (Å²) in [5.41, 5.74) is 0. The third kappa shape index (κ3) is 6.39. The smallest absolute Gasteiger partial charge is 0.277 e. The minimum Gasteiger partial charge on any atom is -0.322 e. The Hall–Kier alpha value is 0.314. The zero-order valence-corrected chi connectivity index (χ0v) is 17.1. The summed E-state index contributed by atoms with van der Waals surface area (Å²) in [6.07, 6.45) is 5.12. The van der Waals surface area contributed by atoms with Crippen LogP contribution in [0.25, 0.3) is 0 Å². The first kappa shape index (κ1) is 20.3. The molecule has 0 amide bonds. The molecule has 20 heavy (non-hydrogen) atoms. The van der Waals surface area contributed by atoms with Crippen molar-refractivity contribution in [3.8, 4) is 0 Å². The van der Waals surface area contributed by atoms with E-state index in [1.54, 1.807) is 0 Å². The molecule has 0 aromatic rings. The summed E-state index contributed by atoms with van der Waals surface area (Å²) in [7, 11) is -3.01. The first-order chi connectivity index (χ1) is 9.37. The summed E-state index contributed by atoms with van der Waals surface area (Å²) < 4.78 is 2.85. The summed E-state index contributed by atoms with van der Waals surface area (Å²) in [5.74, 6) is 0. The lowest BCUT2D eigenvalue weighted by Gasteiger charge is -2.48. The molecule has 0 bridgehead atoms. The van der Waals surface area contributed by atoms with Crippen molar-refractivity contribution in [1.82, 2.24) is 14.2 Å². The minimum atomic E-state index is -1.71. The molecule has 0 aliphatic carbocycles. The van der Waals surface area contributed by atoms with E-state index in [1.807, 2.05) is 0 Å². The van der Waals surface area contributed by atoms with Crippen LogP contribution in [0.1, 0.15) is 53.4 Å². The Balaban J connectivity index is 5.04. The molecule has 0 heterocycles. The van der Waals surface area contributed by atoms with E-state index < -0.39 is 16.8 Å². The molecule has 0 aliphatic heterocycles. The third-order valence-electron chi connectivity index (χ3n) is 3.99. The highest BCUT2D eigenvalue weighted by atomic mass is 28.4. The lowest BCUT2D eigenvalue weighted by molar-refractivity contribution is 0.558. The zero-order chi connectivity index (χ0) is 15.6. The molecule has 0 aromatic carbocycles. The number of hydrogen-bond donors (Lipinski definition) is 2. The first-order valence-corrected chi connectivity index (χ1v) is 14.3. The van der Waals surface area contributed by atoms with Crippen LogP contribution < -0.4 is 9.96 Å². The van der Waals surface area contributed by atoms with Gasteiger partial charge < -0.3 is 14.2 Å². The van der Waals surface area contributed by atoms with Crippen molar-refractivity contribution >= 4 is 16.8 Å². The van der Waals surface area contributed by atoms with Crippen LogP contribution in [0.3, 0.4) is 0 Å². The second-order valence-electron chi connectivity index (χ2n) is 6.69. The Morgan fingerprint density at radius 2 is 1.25 bits per heavy atom. The number of nitrogens with zero attached hydrogens (tertiary/aromatic N) is 1. The molecule has 0 fully saturated rings. The molecule has 0 atom stereocenters. The fraction of sp³-hybridized carbons (Fsp3) is 1.00. The molecule has 0 spiro atoms. The van der Waals surface area contributed by atoms with Gasteiger partial charge in [-0.25, -0.2) is 0 Å². The van der Waals surface area contributed by atoms with Crippen LogP contribution in [0.15, 0.2) is 0 Å². The van der Waals surface area contributed by atoms with Gasteiger partial charge in [-0.3, -0.25) is 0 Å². The maximum atomic E-state index is 3.99. The van der Waals surface area contributed by atoms with E-state index in [2.05, 4.69) is 61.5 Å². The Labute approximate surface area is 130 Å². The highest BCUT2D eigenvalue weighted by molar-refractivity contribution is 6.89. The van der Waals surface area contributed by atoms with Gasteiger partial charge in [-0.1, -0.05) is 60.2 Å². The van der Waals surface area contributed by atoms with Crippen LogP contribution in [0.4, 0.5) is 0 Å². The summed E-state index contributed by atoms with van der Waals surface area (Å²) in [4.78, 5) is 7.98. The molecule has 0 aliphatic rings. The third-order valence-corrected chi connectivity index (χ3v) is 13.0. The van der Waals surface area contributed by atoms with Gasteiger partial charge in [0.15, 0.2) is 0 Å². The van der Waals surface area contributed by atoms with E-state index in [9.17, 15) is 0 Å². The van der Waals surface area contributed by atoms with E-state index in [4.69, 9.17) is 0 Å². The lowest BCUT2D eigenvalue weighted by atomic mass is 10.3. The van der Waals surface area contributed by atoms with Crippen LogP contribution in [-0.2, 0) is 0 Å². The Bertz CT molecular complexity index is 232. The van der Waals surface area contributed by atoms with Crippen molar-refractivity contribution in [3.63, 3.8) is 0 Å². The number of rotatable bonds is 12. The Morgan fingerprint density at radius 1 is 0.800 bits per heavy atom. The molecule has 0 unspecified atom stereocenters. The Kier molecular flexibility index (Phi) is 10.3. The molecule has 3 nitrogen and oxygen atoms in total. The van der Waals surface area contributed by atoms with Crippen LogP contribution in [0.5, 0.6) is 0 Å². The summed E-state index contributed by atoms with van der Waals surface area (Å²) >= 11 is 0. The van der Waals surface area contributed by atoms with Gasteiger partial charge in [-0.15, -0.1) is 0 Å². The van der Waals surface area contributed by atoms with E-state index in [1.165, 1.54) is 38.3 Å². The first-order valence-electron chi connectivity index (χ1n) is 8.65. The summed E-state index contributed by atoms with van der Waals surface area (Å²) in [6.45, 7) is 20.2. The van der Waals surface area contributed by atoms with E-state index >= 15 is 0 Å². The van der Waals surface area contributed by atoms with Crippen molar-refractivity contribution in [3.05, 3.63) is 0 Å². The molecule has 0 saturated carbocycles. The maximum Gasteiger partial charge on any atom is 0.277 e. The van der Waals surface area contributed by atoms with E-state index in [-0.39, 0.29) is 0 Å². The molecule has 0 rings (SSSR count). The molecule has 5 heteroatoms. The molecule has 0 radical (unpaired) electrons. The second kappa shape index (κ2) is 10.1. The molecular weight excluding hydrogens is 278 g/mol. The fourth-order valence-corrected chi connectivity index (χ4v) is 12.5. The fourth-order valence-electron chi connectivity index (χ4n) is 2.95. The maximum absolute atomic E-state index is 3.99. The summed E-state index contributed by atoms with van der Waals surface area (Å²) in [6, 6.07) is 1.25. The van der Waals surface area contributed by atoms with Crippen molar-refractivity contribution in [1.29, 1.82) is 0 Å². The quantitative estimate of drug-likeness (QED) is 0.422. The zero-order valence-electron chi connectivity index (χ0n) is 15.1. The van der Waals surface area contributed by atoms with Gasteiger partial charge >= 0.3 is 0 Å². The van der Waals surface area contributed by atoms with Crippen LogP contribution in [0.2, 0.25) is 25.7 Å². The van der Waals surface area contributed by atoms with Crippen molar-refractivity contribution in [2.45, 2.75) is 79.1 Å². The van der Waals surface area contributed by atoms with Gasteiger partial charge in [-0.05, 0) is 38.5 Å². The van der Waals surface area contributed by atoms with Gasteiger partial charge in [0.1, 0.15) is 8.24 Å². The van der Waals surface area contributed by atoms with Gasteiger partial charge in [0, 0.05) is 0 Å². The minimum absolute atomic E-state index is 1.16. The average molecular weight is 318 g/mol. The molecular formula is C15H39N3Si2. The van der Waals surface area contributed by atoms with Crippen LogP contribution in [-0.4, -0.2) is 40.7 Å². The predicted octanol–water partition coefficient (Wildman–Crippen LogP) is 3.88. The number of hydrogen-bond acceptors (Lipinski definition) is 3. The van der Waals surface area contributed by atoms with Gasteiger partial charge in [0.25, 0.3) is 8.56 Å². The highest BCUT2D eigenvalue weighted by Gasteiger charge is 2.43. The topological polar surface area (TPSA) is 27.3 Å². The van der Waals surface area contributed by atoms with Gasteiger partial charge in [-0.2, -0.15) is 0 Å². The highest BCUT2D eigenvalue weighted by Crippen LogP contribution is 2.19. The monoisotopic (exact) mass is 317 g/mol. The van der Waals surface area contributed by atoms with Crippen LogP contribution in [0, 0.1) is 0 Å². The SMILES string of the molecule is CCCCN[Si](CC)(NCCCC)N(CC)[Si](C)(C)C. The average Bonchev–Trinajstić information content (AvgIpc) is 2.37. The molecule has 122 valence electrons. The van der Waals surface area contributed by atoms with Crippen molar-refractivity contribution in [2.75, 3.05) is 19.6 Å². The largest absolute Gasteiger partial charge is 0.322 e. The number of unbranched alkanes of at least 4 members (excludes halogenated alkanes) is 2. The Morgan fingerprint density at radius 3 is 1.50 bits per heavy atom. The van der Waals surface area contributed by atoms with Crippen molar-refractivity contribution < 1.29 is 0 Å². The van der Waals surface area contributed by atoms with E-state index in [0.717, 1.165) is 13.1 Å². The molecule has 0 aromatic heterocycles. The predicted molar refractivity (Wildman–Crippen MR) is 97.8 cm³/mol. The van der Waals surface area contributed by atoms with Crippen LogP contribution >= 0.6 is 0 Å². The van der Waals surface area contributed by atoms with Crippen molar-refractivity contribution in [2.24, 2.45) is 0 Å². The summed E-state index contributed by atoms with van der Waals surface area (Å²) in [5, 5.41) is 0. The van der Waals surface area contributed by atoms with Gasteiger partial charge in [0.2, 0.25) is 0 Å². The molecule has 0 saturated heterocycles. The number of nitrogens with one attached hydrogen (secondary N) is 2.